The SMILES string of the molecule is [2H]C1([2H])C=CC(C=O)=CC1. The summed E-state index contributed by atoms with van der Waals surface area (Å²) in [7, 11) is 0. The Balaban J connectivity index is 2.72. The van der Waals surface area contributed by atoms with Crippen molar-refractivity contribution in [2.24, 2.45) is 0 Å². The predicted octanol–water partition coefficient (Wildman–Crippen LogP) is 1.46. The van der Waals surface area contributed by atoms with Crippen LogP contribution in [0, 0.1) is 0 Å². The second-order valence-corrected chi connectivity index (χ2v) is 1.56. The van der Waals surface area contributed by atoms with Gasteiger partial charge in [0.25, 0.3) is 0 Å². The van der Waals surface area contributed by atoms with Crippen molar-refractivity contribution in [1.82, 2.24) is 0 Å². The molecular formula is C7H8O. The molecule has 0 saturated carbocycles. The van der Waals surface area contributed by atoms with E-state index < -0.39 is 6.37 Å². The molecule has 0 aromatic heterocycles. The van der Waals surface area contributed by atoms with Gasteiger partial charge in [-0.3, -0.25) is 4.79 Å². The van der Waals surface area contributed by atoms with E-state index in [1.54, 1.807) is 6.08 Å². The Bertz CT molecular complexity index is 204. The van der Waals surface area contributed by atoms with Gasteiger partial charge in [-0.15, -0.1) is 0 Å². The monoisotopic (exact) mass is 110 g/mol. The van der Waals surface area contributed by atoms with Crippen LogP contribution in [0.5, 0.6) is 0 Å². The number of hydrogen-bond donors (Lipinski definition) is 0. The van der Waals surface area contributed by atoms with E-state index in [-0.39, 0.29) is 0 Å². The maximum Gasteiger partial charge on any atom is 0.149 e. The summed E-state index contributed by atoms with van der Waals surface area (Å²) in [5.41, 5.74) is 0.565. The van der Waals surface area contributed by atoms with Crippen LogP contribution in [0.2, 0.25) is 0 Å². The van der Waals surface area contributed by atoms with Gasteiger partial charge in [0.15, 0.2) is 0 Å². The first-order valence-electron chi connectivity index (χ1n) is 3.49. The van der Waals surface area contributed by atoms with Crippen LogP contribution in [-0.4, -0.2) is 6.29 Å². The minimum absolute atomic E-state index is 0.303. The molecule has 0 heterocycles. The molecule has 1 heteroatoms. The van der Waals surface area contributed by atoms with Gasteiger partial charge in [0.2, 0.25) is 0 Å². The molecule has 0 fully saturated rings. The molecule has 1 rings (SSSR count). The van der Waals surface area contributed by atoms with Gasteiger partial charge in [0, 0.05) is 8.31 Å². The molecule has 0 N–H and O–H groups in total. The Labute approximate surface area is 51.5 Å². The third-order valence-electron chi connectivity index (χ3n) is 0.985. The fraction of sp³-hybridized carbons (Fsp3) is 0.286. The maximum atomic E-state index is 10.1. The highest BCUT2D eigenvalue weighted by molar-refractivity contribution is 5.77. The molecule has 0 saturated heterocycles. The zero-order valence-electron chi connectivity index (χ0n) is 6.42. The van der Waals surface area contributed by atoms with Gasteiger partial charge in [-0.1, -0.05) is 18.2 Å². The molecule has 0 aliphatic heterocycles. The van der Waals surface area contributed by atoms with Gasteiger partial charge in [-0.2, -0.15) is 0 Å². The summed E-state index contributed by atoms with van der Waals surface area (Å²) in [6.45, 7) is 0. The number of aldehydes is 1. The van der Waals surface area contributed by atoms with Crippen molar-refractivity contribution in [2.75, 3.05) is 0 Å². The number of carbonyl (C=O) groups is 1. The van der Waals surface area contributed by atoms with Crippen LogP contribution in [0.25, 0.3) is 0 Å². The van der Waals surface area contributed by atoms with Crippen molar-refractivity contribution >= 4 is 6.29 Å². The highest BCUT2D eigenvalue weighted by Gasteiger charge is 1.91. The summed E-state index contributed by atoms with van der Waals surface area (Å²) >= 11 is 0. The molecule has 42 valence electrons. The maximum absolute atomic E-state index is 10.1. The highest BCUT2D eigenvalue weighted by Crippen LogP contribution is 2.05. The lowest BCUT2D eigenvalue weighted by molar-refractivity contribution is -0.104. The second kappa shape index (κ2) is 2.46. The van der Waals surface area contributed by atoms with Gasteiger partial charge in [0.05, 0.1) is 0 Å². The minimum atomic E-state index is -1.26. The second-order valence-electron chi connectivity index (χ2n) is 1.56. The van der Waals surface area contributed by atoms with E-state index >= 15 is 0 Å². The van der Waals surface area contributed by atoms with Crippen LogP contribution in [0.3, 0.4) is 0 Å². The molecule has 0 bridgehead atoms. The van der Waals surface area contributed by atoms with E-state index in [1.165, 1.54) is 12.2 Å². The van der Waals surface area contributed by atoms with E-state index in [2.05, 4.69) is 0 Å². The zero-order valence-corrected chi connectivity index (χ0v) is 4.42. The van der Waals surface area contributed by atoms with E-state index in [4.69, 9.17) is 2.74 Å². The smallest absolute Gasteiger partial charge is 0.149 e. The fourth-order valence-electron chi connectivity index (χ4n) is 0.555. The van der Waals surface area contributed by atoms with Crippen molar-refractivity contribution in [3.8, 4) is 0 Å². The quantitative estimate of drug-likeness (QED) is 0.467. The Morgan fingerprint density at radius 1 is 1.88 bits per heavy atom. The van der Waals surface area contributed by atoms with Gasteiger partial charge in [-0.25, -0.2) is 0 Å². The average molecular weight is 110 g/mol. The minimum Gasteiger partial charge on any atom is -0.298 e. The normalized spacial score (nSPS) is 27.8. The van der Waals surface area contributed by atoms with E-state index in [0.29, 0.717) is 12.0 Å². The number of allylic oxidation sites excluding steroid dienone is 4. The molecule has 8 heavy (non-hydrogen) atoms. The first kappa shape index (κ1) is 3.23. The van der Waals surface area contributed by atoms with Crippen LogP contribution in [-0.2, 0) is 4.79 Å². The first-order valence-corrected chi connectivity index (χ1v) is 2.49. The number of rotatable bonds is 1. The molecule has 1 aliphatic rings. The van der Waals surface area contributed by atoms with Crippen LogP contribution in [0.1, 0.15) is 15.5 Å². The summed E-state index contributed by atoms with van der Waals surface area (Å²) in [4.78, 5) is 10.1. The molecule has 0 aromatic carbocycles. The number of carbonyl (C=O) groups excluding carboxylic acids is 1. The summed E-state index contributed by atoms with van der Waals surface area (Å²) in [5, 5.41) is 0. The van der Waals surface area contributed by atoms with Crippen LogP contribution < -0.4 is 0 Å². The fourth-order valence-corrected chi connectivity index (χ4v) is 0.555. The van der Waals surface area contributed by atoms with Crippen LogP contribution >= 0.6 is 0 Å². The van der Waals surface area contributed by atoms with Gasteiger partial charge < -0.3 is 0 Å². The lowest BCUT2D eigenvalue weighted by Crippen LogP contribution is -1.83. The molecule has 0 unspecified atom stereocenters. The van der Waals surface area contributed by atoms with E-state index in [0.717, 1.165) is 6.29 Å². The molecule has 0 spiro atoms. The van der Waals surface area contributed by atoms with E-state index in [9.17, 15) is 4.79 Å². The van der Waals surface area contributed by atoms with Crippen molar-refractivity contribution in [3.63, 3.8) is 0 Å². The zero-order chi connectivity index (χ0) is 7.61. The molecule has 0 radical (unpaired) electrons. The summed E-state index contributed by atoms with van der Waals surface area (Å²) in [6.07, 6.45) is 4.30. The third-order valence-corrected chi connectivity index (χ3v) is 0.985. The van der Waals surface area contributed by atoms with Crippen molar-refractivity contribution in [1.29, 1.82) is 0 Å². The van der Waals surface area contributed by atoms with E-state index in [1.807, 2.05) is 0 Å². The lowest BCUT2D eigenvalue weighted by atomic mass is 10.1. The topological polar surface area (TPSA) is 17.1 Å². The Morgan fingerprint density at radius 2 is 2.75 bits per heavy atom. The van der Waals surface area contributed by atoms with Gasteiger partial charge in [0.1, 0.15) is 6.29 Å². The summed E-state index contributed by atoms with van der Waals surface area (Å²) in [5.74, 6) is 0. The van der Waals surface area contributed by atoms with Crippen LogP contribution in [0.15, 0.2) is 23.8 Å². The number of hydrogen-bond acceptors (Lipinski definition) is 1. The Hall–Kier alpha value is -0.850. The lowest BCUT2D eigenvalue weighted by Gasteiger charge is -1.95. The average Bonchev–Trinajstić information content (AvgIpc) is 1.88. The molecular weight excluding hydrogens is 100 g/mol. The Morgan fingerprint density at radius 3 is 3.25 bits per heavy atom. The highest BCUT2D eigenvalue weighted by atomic mass is 16.1. The summed E-state index contributed by atoms with van der Waals surface area (Å²) in [6, 6.07) is 0. The van der Waals surface area contributed by atoms with Crippen molar-refractivity contribution in [3.05, 3.63) is 23.8 Å². The molecule has 0 atom stereocenters. The Kier molecular flexibility index (Phi) is 0.992. The van der Waals surface area contributed by atoms with Crippen molar-refractivity contribution < 1.29 is 7.54 Å². The molecule has 1 aliphatic carbocycles. The van der Waals surface area contributed by atoms with Gasteiger partial charge in [-0.05, 0) is 12.8 Å². The third kappa shape index (κ3) is 1.06. The first-order chi connectivity index (χ1) is 4.64. The van der Waals surface area contributed by atoms with Crippen molar-refractivity contribution in [2.45, 2.75) is 12.8 Å². The molecule has 0 aromatic rings. The molecule has 0 amide bonds. The largest absolute Gasteiger partial charge is 0.298 e. The van der Waals surface area contributed by atoms with Crippen LogP contribution in [0.4, 0.5) is 0 Å². The predicted molar refractivity (Wildman–Crippen MR) is 32.5 cm³/mol. The standard InChI is InChI=1S/C7H8O/c8-6-7-4-2-1-3-5-7/h2,4-6H,1,3H2/i1D2. The van der Waals surface area contributed by atoms with Gasteiger partial charge >= 0.3 is 0 Å². The summed E-state index contributed by atoms with van der Waals surface area (Å²) < 4.78 is 14.4. The molecule has 1 nitrogen and oxygen atoms in total.